The van der Waals surface area contributed by atoms with Crippen molar-refractivity contribution in [2.75, 3.05) is 5.32 Å². The summed E-state index contributed by atoms with van der Waals surface area (Å²) in [7, 11) is 0. The van der Waals surface area contributed by atoms with Crippen LogP contribution in [-0.2, 0) is 4.79 Å². The topological polar surface area (TPSA) is 46.4 Å². The fourth-order valence-corrected chi connectivity index (χ4v) is 4.09. The molecule has 0 radical (unpaired) electrons. The van der Waals surface area contributed by atoms with Gasteiger partial charge in [-0.05, 0) is 36.0 Å². The van der Waals surface area contributed by atoms with E-state index >= 15 is 0 Å². The molecule has 2 aromatic heterocycles. The maximum absolute atomic E-state index is 12.4. The maximum atomic E-state index is 12.4. The molecule has 0 aliphatic heterocycles. The van der Waals surface area contributed by atoms with Crippen LogP contribution in [0.25, 0.3) is 16.9 Å². The molecule has 3 aromatic rings. The van der Waals surface area contributed by atoms with E-state index in [1.165, 1.54) is 0 Å². The van der Waals surface area contributed by atoms with Gasteiger partial charge in [-0.25, -0.2) is 4.98 Å². The number of nitrogens with one attached hydrogen (secondary N) is 1. The second kappa shape index (κ2) is 8.14. The molecular weight excluding hydrogens is 393 g/mol. The average molecular weight is 418 g/mol. The van der Waals surface area contributed by atoms with Gasteiger partial charge >= 0.3 is 0 Å². The minimum atomic E-state index is 0.0266. The van der Waals surface area contributed by atoms with Crippen molar-refractivity contribution in [2.45, 2.75) is 40.5 Å². The minimum absolute atomic E-state index is 0.0266. The highest BCUT2D eigenvalue weighted by molar-refractivity contribution is 6.36. The zero-order chi connectivity index (χ0) is 20.5. The Morgan fingerprint density at radius 1 is 1.21 bits per heavy atom. The van der Waals surface area contributed by atoms with Crippen LogP contribution in [0.5, 0.6) is 0 Å². The van der Waals surface area contributed by atoms with Crippen LogP contribution in [0.3, 0.4) is 0 Å². The number of carbonyl (C=O) groups excluding carboxylic acids is 1. The molecule has 148 valence electrons. The fraction of sp³-hybridized carbons (Fsp3) is 0.364. The molecule has 2 heterocycles. The Balaban J connectivity index is 1.76. The van der Waals surface area contributed by atoms with E-state index in [2.05, 4.69) is 38.0 Å². The number of anilines is 1. The number of halogens is 2. The Kier molecular flexibility index (Phi) is 6.01. The van der Waals surface area contributed by atoms with E-state index in [-0.39, 0.29) is 11.3 Å². The molecule has 0 aliphatic rings. The first-order valence-corrected chi connectivity index (χ1v) is 10.1. The van der Waals surface area contributed by atoms with Gasteiger partial charge in [-0.15, -0.1) is 0 Å². The molecule has 1 atom stereocenters. The van der Waals surface area contributed by atoms with Crippen molar-refractivity contribution in [2.24, 2.45) is 11.3 Å². The lowest BCUT2D eigenvalue weighted by Gasteiger charge is -2.22. The Bertz CT molecular complexity index is 1000. The Morgan fingerprint density at radius 2 is 1.96 bits per heavy atom. The summed E-state index contributed by atoms with van der Waals surface area (Å²) in [5, 5.41) is 4.05. The molecule has 1 amide bonds. The number of hydrogen-bond acceptors (Lipinski definition) is 2. The van der Waals surface area contributed by atoms with Gasteiger partial charge in [0.05, 0.1) is 15.7 Å². The fourth-order valence-electron chi connectivity index (χ4n) is 3.57. The Morgan fingerprint density at radius 3 is 2.68 bits per heavy atom. The standard InChI is InChI=1S/C22H25Cl2N3O/c1-14(11-22(2,3)4)8-20(28)25-17-7-5-6-15(9-17)19-13-27-12-16(23)10-18(24)21(27)26-19/h5-7,9-10,12-14H,8,11H2,1-4H3,(H,25,28). The molecule has 1 aromatic carbocycles. The second-order valence-corrected chi connectivity index (χ2v) is 9.41. The van der Waals surface area contributed by atoms with Gasteiger partial charge in [0, 0.05) is 30.1 Å². The van der Waals surface area contributed by atoms with Crippen LogP contribution in [0.4, 0.5) is 5.69 Å². The lowest BCUT2D eigenvalue weighted by atomic mass is 9.84. The number of fused-ring (bicyclic) bond motifs is 1. The highest BCUT2D eigenvalue weighted by Crippen LogP contribution is 2.28. The summed E-state index contributed by atoms with van der Waals surface area (Å²) in [6.07, 6.45) is 5.15. The van der Waals surface area contributed by atoms with Crippen LogP contribution in [0, 0.1) is 11.3 Å². The predicted molar refractivity (Wildman–Crippen MR) is 117 cm³/mol. The van der Waals surface area contributed by atoms with Crippen LogP contribution in [0.15, 0.2) is 42.7 Å². The van der Waals surface area contributed by atoms with Crippen molar-refractivity contribution in [3.05, 3.63) is 52.8 Å². The first-order chi connectivity index (χ1) is 13.1. The number of imidazole rings is 1. The number of rotatable bonds is 5. The van der Waals surface area contributed by atoms with Gasteiger partial charge in [0.2, 0.25) is 5.91 Å². The lowest BCUT2D eigenvalue weighted by molar-refractivity contribution is -0.117. The summed E-state index contributed by atoms with van der Waals surface area (Å²) in [4.78, 5) is 17.0. The highest BCUT2D eigenvalue weighted by atomic mass is 35.5. The molecule has 0 spiro atoms. The van der Waals surface area contributed by atoms with Gasteiger partial charge in [-0.3, -0.25) is 4.79 Å². The van der Waals surface area contributed by atoms with Gasteiger partial charge in [-0.2, -0.15) is 0 Å². The molecule has 1 N–H and O–H groups in total. The molecule has 0 saturated heterocycles. The van der Waals surface area contributed by atoms with Crippen molar-refractivity contribution in [1.82, 2.24) is 9.38 Å². The third-order valence-corrected chi connectivity index (χ3v) is 4.89. The predicted octanol–water partition coefficient (Wildman–Crippen LogP) is 6.71. The smallest absolute Gasteiger partial charge is 0.224 e. The minimum Gasteiger partial charge on any atom is -0.326 e. The van der Waals surface area contributed by atoms with E-state index in [9.17, 15) is 4.79 Å². The normalized spacial score (nSPS) is 12.9. The van der Waals surface area contributed by atoms with E-state index in [0.29, 0.717) is 28.0 Å². The molecular formula is C22H25Cl2N3O. The number of hydrogen-bond donors (Lipinski definition) is 1. The largest absolute Gasteiger partial charge is 0.326 e. The number of aromatic nitrogens is 2. The molecule has 0 saturated carbocycles. The molecule has 28 heavy (non-hydrogen) atoms. The van der Waals surface area contributed by atoms with Gasteiger partial charge in [0.1, 0.15) is 0 Å². The number of nitrogens with zero attached hydrogens (tertiary/aromatic N) is 2. The zero-order valence-electron chi connectivity index (χ0n) is 16.6. The van der Waals surface area contributed by atoms with Gasteiger partial charge in [-0.1, -0.05) is 63.0 Å². The Hall–Kier alpha value is -2.04. The number of amides is 1. The average Bonchev–Trinajstić information content (AvgIpc) is 2.97. The monoisotopic (exact) mass is 417 g/mol. The van der Waals surface area contributed by atoms with E-state index < -0.39 is 0 Å². The van der Waals surface area contributed by atoms with Crippen LogP contribution in [-0.4, -0.2) is 15.3 Å². The van der Waals surface area contributed by atoms with Crippen molar-refractivity contribution in [3.8, 4) is 11.3 Å². The number of benzene rings is 1. The van der Waals surface area contributed by atoms with Gasteiger partial charge in [0.25, 0.3) is 0 Å². The second-order valence-electron chi connectivity index (χ2n) is 8.57. The number of pyridine rings is 1. The van der Waals surface area contributed by atoms with E-state index in [1.807, 2.05) is 30.5 Å². The summed E-state index contributed by atoms with van der Waals surface area (Å²) in [5.74, 6) is 0.354. The van der Waals surface area contributed by atoms with Gasteiger partial charge in [0.15, 0.2) is 5.65 Å². The highest BCUT2D eigenvalue weighted by Gasteiger charge is 2.18. The third-order valence-electron chi connectivity index (χ3n) is 4.41. The van der Waals surface area contributed by atoms with Crippen LogP contribution < -0.4 is 5.32 Å². The van der Waals surface area contributed by atoms with Gasteiger partial charge < -0.3 is 9.72 Å². The van der Waals surface area contributed by atoms with Crippen LogP contribution >= 0.6 is 23.2 Å². The molecule has 6 heteroatoms. The summed E-state index contributed by atoms with van der Waals surface area (Å²) in [5.41, 5.74) is 3.28. The zero-order valence-corrected chi connectivity index (χ0v) is 18.1. The summed E-state index contributed by atoms with van der Waals surface area (Å²) in [6.45, 7) is 8.70. The van der Waals surface area contributed by atoms with E-state index in [1.54, 1.807) is 16.7 Å². The summed E-state index contributed by atoms with van der Waals surface area (Å²) < 4.78 is 1.80. The quantitative estimate of drug-likeness (QED) is 0.501. The molecule has 3 rings (SSSR count). The number of carbonyl (C=O) groups is 1. The first kappa shape index (κ1) is 20.7. The van der Waals surface area contributed by atoms with Crippen LogP contribution in [0.2, 0.25) is 10.0 Å². The third kappa shape index (κ3) is 5.27. The van der Waals surface area contributed by atoms with E-state index in [4.69, 9.17) is 23.2 Å². The summed E-state index contributed by atoms with van der Waals surface area (Å²) >= 11 is 12.3. The molecule has 0 aliphatic carbocycles. The first-order valence-electron chi connectivity index (χ1n) is 9.35. The molecule has 0 fully saturated rings. The SMILES string of the molecule is CC(CC(=O)Nc1cccc(-c2cn3cc(Cl)cc(Cl)c3n2)c1)CC(C)(C)C. The van der Waals surface area contributed by atoms with Crippen LogP contribution in [0.1, 0.15) is 40.5 Å². The van der Waals surface area contributed by atoms with E-state index in [0.717, 1.165) is 23.4 Å². The molecule has 1 unspecified atom stereocenters. The maximum Gasteiger partial charge on any atom is 0.224 e. The van der Waals surface area contributed by atoms with Crippen molar-refractivity contribution >= 4 is 40.4 Å². The van der Waals surface area contributed by atoms with Crippen molar-refractivity contribution in [3.63, 3.8) is 0 Å². The summed E-state index contributed by atoms with van der Waals surface area (Å²) in [6, 6.07) is 9.33. The van der Waals surface area contributed by atoms with Crippen molar-refractivity contribution in [1.29, 1.82) is 0 Å². The lowest BCUT2D eigenvalue weighted by Crippen LogP contribution is -2.18. The molecule has 0 bridgehead atoms. The van der Waals surface area contributed by atoms with Crippen molar-refractivity contribution < 1.29 is 4.79 Å². The Labute approximate surface area is 175 Å². The molecule has 4 nitrogen and oxygen atoms in total.